The number of pyridine rings is 1. The number of fused-ring (bicyclic) bond motifs is 1. The van der Waals surface area contributed by atoms with Crippen LogP contribution < -0.4 is 5.32 Å². The van der Waals surface area contributed by atoms with E-state index in [1.807, 2.05) is 6.07 Å². The largest absolute Gasteiger partial charge is 0.416 e. The van der Waals surface area contributed by atoms with E-state index in [1.165, 1.54) is 19.1 Å². The topological polar surface area (TPSA) is 42.0 Å². The van der Waals surface area contributed by atoms with Gasteiger partial charge in [-0.2, -0.15) is 13.2 Å². The number of hydrogen-bond acceptors (Lipinski definition) is 2. The van der Waals surface area contributed by atoms with Gasteiger partial charge in [0.25, 0.3) is 5.91 Å². The van der Waals surface area contributed by atoms with E-state index in [1.54, 1.807) is 30.6 Å². The maximum Gasteiger partial charge on any atom is 0.416 e. The zero-order chi connectivity index (χ0) is 17.3. The van der Waals surface area contributed by atoms with Crippen molar-refractivity contribution in [2.24, 2.45) is 0 Å². The summed E-state index contributed by atoms with van der Waals surface area (Å²) < 4.78 is 38.4. The predicted molar refractivity (Wildman–Crippen MR) is 85.9 cm³/mol. The molecule has 0 unspecified atom stereocenters. The summed E-state index contributed by atoms with van der Waals surface area (Å²) in [7, 11) is 0. The molecule has 0 bridgehead atoms. The van der Waals surface area contributed by atoms with Crippen LogP contribution in [-0.2, 0) is 6.18 Å². The fraction of sp³-hybridized carbons (Fsp3) is 0.111. The number of carbonyl (C=O) groups is 1. The number of anilines is 1. The molecular formula is C18H13F3N2O. The number of alkyl halides is 3. The number of halogens is 3. The minimum absolute atomic E-state index is 0.0114. The first-order valence-electron chi connectivity index (χ1n) is 7.18. The van der Waals surface area contributed by atoms with Crippen LogP contribution in [0.1, 0.15) is 21.5 Å². The molecule has 122 valence electrons. The zero-order valence-electron chi connectivity index (χ0n) is 12.7. The molecule has 0 saturated carbocycles. The Morgan fingerprint density at radius 1 is 1.12 bits per heavy atom. The normalized spacial score (nSPS) is 11.5. The molecule has 0 atom stereocenters. The Labute approximate surface area is 136 Å². The van der Waals surface area contributed by atoms with Gasteiger partial charge in [-0.05, 0) is 42.8 Å². The van der Waals surface area contributed by atoms with Gasteiger partial charge in [0.1, 0.15) is 0 Å². The summed E-state index contributed by atoms with van der Waals surface area (Å²) >= 11 is 0. The van der Waals surface area contributed by atoms with Gasteiger partial charge in [-0.25, -0.2) is 0 Å². The summed E-state index contributed by atoms with van der Waals surface area (Å²) in [5.41, 5.74) is 0.0246. The minimum Gasteiger partial charge on any atom is -0.321 e. The summed E-state index contributed by atoms with van der Waals surface area (Å²) in [5, 5.41) is 4.41. The van der Waals surface area contributed by atoms with Crippen LogP contribution in [0.25, 0.3) is 10.8 Å². The molecule has 3 rings (SSSR count). The summed E-state index contributed by atoms with van der Waals surface area (Å²) in [4.78, 5) is 16.4. The highest BCUT2D eigenvalue weighted by Crippen LogP contribution is 2.32. The Morgan fingerprint density at radius 3 is 2.62 bits per heavy atom. The Morgan fingerprint density at radius 2 is 1.92 bits per heavy atom. The monoisotopic (exact) mass is 330 g/mol. The second-order valence-electron chi connectivity index (χ2n) is 5.38. The van der Waals surface area contributed by atoms with Gasteiger partial charge in [-0.3, -0.25) is 9.78 Å². The number of nitrogens with zero attached hydrogens (tertiary/aromatic N) is 1. The van der Waals surface area contributed by atoms with Gasteiger partial charge in [-0.1, -0.05) is 12.1 Å². The number of rotatable bonds is 2. The van der Waals surface area contributed by atoms with Gasteiger partial charge >= 0.3 is 6.18 Å². The van der Waals surface area contributed by atoms with Gasteiger partial charge in [0.05, 0.1) is 5.56 Å². The maximum atomic E-state index is 12.8. The number of aryl methyl sites for hydroxylation is 1. The van der Waals surface area contributed by atoms with E-state index < -0.39 is 17.6 Å². The second-order valence-corrected chi connectivity index (χ2v) is 5.38. The van der Waals surface area contributed by atoms with Crippen LogP contribution in [0.15, 0.2) is 54.9 Å². The Hall–Kier alpha value is -2.89. The van der Waals surface area contributed by atoms with Gasteiger partial charge < -0.3 is 5.32 Å². The zero-order valence-corrected chi connectivity index (χ0v) is 12.7. The highest BCUT2D eigenvalue weighted by atomic mass is 19.4. The van der Waals surface area contributed by atoms with E-state index in [0.29, 0.717) is 5.69 Å². The molecule has 2 aromatic carbocycles. The van der Waals surface area contributed by atoms with Crippen molar-refractivity contribution in [2.45, 2.75) is 13.1 Å². The van der Waals surface area contributed by atoms with E-state index in [-0.39, 0.29) is 11.1 Å². The molecule has 0 radical (unpaired) electrons. The van der Waals surface area contributed by atoms with E-state index in [2.05, 4.69) is 10.3 Å². The molecule has 24 heavy (non-hydrogen) atoms. The Bertz CT molecular complexity index is 914. The second kappa shape index (κ2) is 5.96. The Kier molecular flexibility index (Phi) is 3.97. The molecule has 1 N–H and O–H groups in total. The lowest BCUT2D eigenvalue weighted by atomic mass is 10.0. The van der Waals surface area contributed by atoms with Gasteiger partial charge in [0.15, 0.2) is 0 Å². The van der Waals surface area contributed by atoms with Crippen LogP contribution in [0.2, 0.25) is 0 Å². The minimum atomic E-state index is -4.43. The average molecular weight is 330 g/mol. The first-order valence-corrected chi connectivity index (χ1v) is 7.18. The number of aromatic nitrogens is 1. The number of amides is 1. The van der Waals surface area contributed by atoms with Gasteiger partial charge in [-0.15, -0.1) is 0 Å². The predicted octanol–water partition coefficient (Wildman–Crippen LogP) is 4.81. The number of benzene rings is 2. The van der Waals surface area contributed by atoms with Crippen LogP contribution in [-0.4, -0.2) is 10.9 Å². The quantitative estimate of drug-likeness (QED) is 0.732. The van der Waals surface area contributed by atoms with Crippen LogP contribution in [0.4, 0.5) is 18.9 Å². The molecule has 1 heterocycles. The van der Waals surface area contributed by atoms with E-state index in [9.17, 15) is 18.0 Å². The fourth-order valence-corrected chi connectivity index (χ4v) is 2.55. The molecule has 3 nitrogen and oxygen atoms in total. The SMILES string of the molecule is Cc1cc(C(=O)Nc2cccc3cnccc23)ccc1C(F)(F)F. The highest BCUT2D eigenvalue weighted by Gasteiger charge is 2.32. The third kappa shape index (κ3) is 3.08. The molecule has 0 fully saturated rings. The van der Waals surface area contributed by atoms with Crippen LogP contribution >= 0.6 is 0 Å². The summed E-state index contributed by atoms with van der Waals surface area (Å²) in [6, 6.07) is 10.5. The molecule has 1 aromatic heterocycles. The lowest BCUT2D eigenvalue weighted by Gasteiger charge is -2.12. The molecule has 0 aliphatic carbocycles. The number of hydrogen-bond donors (Lipinski definition) is 1. The van der Waals surface area contributed by atoms with Gasteiger partial charge in [0, 0.05) is 34.4 Å². The van der Waals surface area contributed by atoms with E-state index >= 15 is 0 Å². The summed E-state index contributed by atoms with van der Waals surface area (Å²) in [5.74, 6) is -0.462. The first kappa shape index (κ1) is 16.0. The van der Waals surface area contributed by atoms with Gasteiger partial charge in [0.2, 0.25) is 0 Å². The highest BCUT2D eigenvalue weighted by molar-refractivity contribution is 6.09. The van der Waals surface area contributed by atoms with Crippen molar-refractivity contribution in [1.82, 2.24) is 4.98 Å². The van der Waals surface area contributed by atoms with E-state index in [0.717, 1.165) is 16.8 Å². The molecule has 0 saturated heterocycles. The molecule has 0 spiro atoms. The third-order valence-electron chi connectivity index (χ3n) is 3.72. The molecule has 3 aromatic rings. The van der Waals surface area contributed by atoms with Crippen molar-refractivity contribution >= 4 is 22.4 Å². The smallest absolute Gasteiger partial charge is 0.321 e. The fourth-order valence-electron chi connectivity index (χ4n) is 2.55. The summed E-state index contributed by atoms with van der Waals surface area (Å²) in [6.45, 7) is 1.34. The lowest BCUT2D eigenvalue weighted by molar-refractivity contribution is -0.138. The van der Waals surface area contributed by atoms with Crippen LogP contribution in [0, 0.1) is 6.92 Å². The molecule has 0 aliphatic heterocycles. The van der Waals surface area contributed by atoms with Crippen LogP contribution in [0.5, 0.6) is 0 Å². The van der Waals surface area contributed by atoms with E-state index in [4.69, 9.17) is 0 Å². The van der Waals surface area contributed by atoms with Crippen molar-refractivity contribution < 1.29 is 18.0 Å². The van der Waals surface area contributed by atoms with Crippen molar-refractivity contribution in [1.29, 1.82) is 0 Å². The molecule has 0 aliphatic rings. The first-order chi connectivity index (χ1) is 11.4. The molecule has 1 amide bonds. The lowest BCUT2D eigenvalue weighted by Crippen LogP contribution is -2.14. The summed E-state index contributed by atoms with van der Waals surface area (Å²) in [6.07, 6.45) is -1.14. The maximum absolute atomic E-state index is 12.8. The Balaban J connectivity index is 1.91. The average Bonchev–Trinajstić information content (AvgIpc) is 2.54. The molecular weight excluding hydrogens is 317 g/mol. The molecule has 6 heteroatoms. The van der Waals surface area contributed by atoms with Crippen molar-refractivity contribution in [2.75, 3.05) is 5.32 Å². The third-order valence-corrected chi connectivity index (χ3v) is 3.72. The van der Waals surface area contributed by atoms with Crippen molar-refractivity contribution in [3.8, 4) is 0 Å². The van der Waals surface area contributed by atoms with Crippen LogP contribution in [0.3, 0.4) is 0 Å². The van der Waals surface area contributed by atoms with Crippen molar-refractivity contribution in [3.63, 3.8) is 0 Å². The standard InChI is InChI=1S/C18H13F3N2O/c1-11-9-12(5-6-15(11)18(19,20)21)17(24)23-16-4-2-3-13-10-22-8-7-14(13)16/h2-10H,1H3,(H,23,24). The number of nitrogens with one attached hydrogen (secondary N) is 1. The van der Waals surface area contributed by atoms with Crippen molar-refractivity contribution in [3.05, 3.63) is 71.5 Å². The number of carbonyl (C=O) groups excluding carboxylic acids is 1.